The van der Waals surface area contributed by atoms with Crippen LogP contribution in [0.2, 0.25) is 0 Å². The van der Waals surface area contributed by atoms with Crippen molar-refractivity contribution in [2.75, 3.05) is 5.32 Å². The number of benzene rings is 2. The quantitative estimate of drug-likeness (QED) is 0.498. The molecule has 0 saturated heterocycles. The molecule has 0 radical (unpaired) electrons. The van der Waals surface area contributed by atoms with Gasteiger partial charge in [0.25, 0.3) is 5.91 Å². The lowest BCUT2D eigenvalue weighted by atomic mass is 10.2. The number of hydrogen-bond acceptors (Lipinski definition) is 3. The minimum Gasteiger partial charge on any atom is -0.318 e. The minimum absolute atomic E-state index is 0.135. The van der Waals surface area contributed by atoms with Crippen LogP contribution in [0, 0.1) is 5.82 Å². The second-order valence-electron chi connectivity index (χ2n) is 5.34. The first kappa shape index (κ1) is 16.0. The highest BCUT2D eigenvalue weighted by Crippen LogP contribution is 2.25. The van der Waals surface area contributed by atoms with Crippen molar-refractivity contribution in [1.82, 2.24) is 9.38 Å². The lowest BCUT2D eigenvalue weighted by Crippen LogP contribution is -2.14. The summed E-state index contributed by atoms with van der Waals surface area (Å²) >= 11 is 4.56. The monoisotopic (exact) mass is 415 g/mol. The summed E-state index contributed by atoms with van der Waals surface area (Å²) in [5.41, 5.74) is 2.31. The molecule has 2 heterocycles. The molecule has 1 amide bonds. The van der Waals surface area contributed by atoms with Crippen molar-refractivity contribution in [1.29, 1.82) is 0 Å². The van der Waals surface area contributed by atoms with E-state index < -0.39 is 5.82 Å². The van der Waals surface area contributed by atoms with E-state index in [0.717, 1.165) is 11.3 Å². The highest BCUT2D eigenvalue weighted by molar-refractivity contribution is 9.10. The van der Waals surface area contributed by atoms with Gasteiger partial charge in [0, 0.05) is 21.6 Å². The van der Waals surface area contributed by atoms with E-state index >= 15 is 0 Å². The minimum atomic E-state index is -0.496. The van der Waals surface area contributed by atoms with Crippen LogP contribution in [0.3, 0.4) is 0 Å². The number of halogens is 2. The van der Waals surface area contributed by atoms with Crippen LogP contribution in [0.4, 0.5) is 10.1 Å². The van der Waals surface area contributed by atoms with Crippen LogP contribution in [0.25, 0.3) is 16.2 Å². The highest BCUT2D eigenvalue weighted by Gasteiger charge is 2.16. The fraction of sp³-hybridized carbons (Fsp3) is 0. The van der Waals surface area contributed by atoms with Gasteiger partial charge in [-0.2, -0.15) is 0 Å². The normalized spacial score (nSPS) is 11.0. The van der Waals surface area contributed by atoms with Gasteiger partial charge >= 0.3 is 0 Å². The van der Waals surface area contributed by atoms with Gasteiger partial charge in [-0.1, -0.05) is 46.3 Å². The number of amides is 1. The number of carbonyl (C=O) groups excluding carboxylic acids is 1. The predicted octanol–water partition coefficient (Wildman–Crippen LogP) is 5.22. The number of nitrogens with zero attached hydrogens (tertiary/aromatic N) is 2. The molecule has 25 heavy (non-hydrogen) atoms. The maximum absolute atomic E-state index is 13.9. The van der Waals surface area contributed by atoms with E-state index in [-0.39, 0.29) is 11.6 Å². The van der Waals surface area contributed by atoms with Crippen LogP contribution >= 0.6 is 27.3 Å². The number of nitrogens with one attached hydrogen (secondary N) is 1. The molecule has 0 aliphatic heterocycles. The highest BCUT2D eigenvalue weighted by atomic mass is 79.9. The summed E-state index contributed by atoms with van der Waals surface area (Å²) in [6.07, 6.45) is 1.81. The van der Waals surface area contributed by atoms with Crippen molar-refractivity contribution in [3.8, 4) is 11.3 Å². The smallest absolute Gasteiger partial charge is 0.273 e. The van der Waals surface area contributed by atoms with Gasteiger partial charge in [0.1, 0.15) is 11.5 Å². The van der Waals surface area contributed by atoms with Crippen molar-refractivity contribution in [3.05, 3.63) is 76.1 Å². The Labute approximate surface area is 155 Å². The Bertz CT molecular complexity index is 1070. The molecule has 0 fully saturated rings. The summed E-state index contributed by atoms with van der Waals surface area (Å²) in [4.78, 5) is 17.8. The summed E-state index contributed by atoms with van der Waals surface area (Å²) in [5.74, 6) is -0.880. The molecule has 0 saturated carbocycles. The fourth-order valence-corrected chi connectivity index (χ4v) is 3.66. The third-order valence-electron chi connectivity index (χ3n) is 3.69. The Kier molecular flexibility index (Phi) is 4.10. The maximum atomic E-state index is 13.9. The van der Waals surface area contributed by atoms with Gasteiger partial charge in [0.2, 0.25) is 0 Å². The van der Waals surface area contributed by atoms with E-state index in [1.54, 1.807) is 15.8 Å². The van der Waals surface area contributed by atoms with E-state index in [2.05, 4.69) is 26.2 Å². The van der Waals surface area contributed by atoms with Crippen molar-refractivity contribution < 1.29 is 9.18 Å². The first-order chi connectivity index (χ1) is 12.1. The number of rotatable bonds is 3. The Hall–Kier alpha value is -2.51. The van der Waals surface area contributed by atoms with Crippen molar-refractivity contribution >= 4 is 43.8 Å². The Morgan fingerprint density at radius 1 is 1.20 bits per heavy atom. The molecule has 0 unspecified atom stereocenters. The van der Waals surface area contributed by atoms with E-state index in [0.29, 0.717) is 15.1 Å². The van der Waals surface area contributed by atoms with Gasteiger partial charge < -0.3 is 5.32 Å². The van der Waals surface area contributed by atoms with Crippen LogP contribution in [0.15, 0.2) is 64.6 Å². The van der Waals surface area contributed by atoms with Gasteiger partial charge in [-0.15, -0.1) is 11.3 Å². The molecule has 124 valence electrons. The Balaban J connectivity index is 1.67. The van der Waals surface area contributed by atoms with Gasteiger partial charge in [-0.3, -0.25) is 9.20 Å². The standard InChI is InChI=1S/C18H11BrFN3OS/c19-12-6-7-14(13(20)8-12)21-17(24)16-10-25-18-22-15(9-23(16)18)11-4-2-1-3-5-11/h1-10H,(H,21,24). The number of hydrogen-bond donors (Lipinski definition) is 1. The molecule has 0 spiro atoms. The van der Waals surface area contributed by atoms with Crippen molar-refractivity contribution in [2.45, 2.75) is 0 Å². The fourth-order valence-electron chi connectivity index (χ4n) is 2.47. The molecule has 1 N–H and O–H groups in total. The third-order valence-corrected chi connectivity index (χ3v) is 5.02. The average Bonchev–Trinajstić information content (AvgIpc) is 3.18. The maximum Gasteiger partial charge on any atom is 0.273 e. The number of fused-ring (bicyclic) bond motifs is 1. The Morgan fingerprint density at radius 2 is 2.00 bits per heavy atom. The summed E-state index contributed by atoms with van der Waals surface area (Å²) in [5, 5.41) is 4.32. The molecular formula is C18H11BrFN3OS. The molecule has 2 aromatic heterocycles. The lowest BCUT2D eigenvalue weighted by molar-refractivity contribution is 0.102. The van der Waals surface area contributed by atoms with E-state index in [1.807, 2.05) is 36.5 Å². The molecule has 0 aliphatic carbocycles. The van der Waals surface area contributed by atoms with Crippen LogP contribution in [0.1, 0.15) is 10.5 Å². The third kappa shape index (κ3) is 3.08. The molecular weight excluding hydrogens is 405 g/mol. The summed E-state index contributed by atoms with van der Waals surface area (Å²) in [6, 6.07) is 14.2. The van der Waals surface area contributed by atoms with Gasteiger partial charge in [0.05, 0.1) is 11.4 Å². The second kappa shape index (κ2) is 6.42. The topological polar surface area (TPSA) is 46.4 Å². The van der Waals surface area contributed by atoms with E-state index in [4.69, 9.17) is 0 Å². The lowest BCUT2D eigenvalue weighted by Gasteiger charge is -2.06. The summed E-state index contributed by atoms with van der Waals surface area (Å²) in [7, 11) is 0. The van der Waals surface area contributed by atoms with Crippen molar-refractivity contribution in [3.63, 3.8) is 0 Å². The average molecular weight is 416 g/mol. The first-order valence-corrected chi connectivity index (χ1v) is 9.07. The number of carbonyl (C=O) groups is 1. The largest absolute Gasteiger partial charge is 0.318 e. The van der Waals surface area contributed by atoms with Crippen LogP contribution in [0.5, 0.6) is 0 Å². The van der Waals surface area contributed by atoms with Gasteiger partial charge in [0.15, 0.2) is 4.96 Å². The molecule has 0 atom stereocenters. The zero-order valence-electron chi connectivity index (χ0n) is 12.7. The Morgan fingerprint density at radius 3 is 2.76 bits per heavy atom. The molecule has 4 aromatic rings. The molecule has 4 rings (SSSR count). The van der Waals surface area contributed by atoms with Crippen LogP contribution in [-0.2, 0) is 0 Å². The molecule has 0 aliphatic rings. The number of thiazole rings is 1. The SMILES string of the molecule is O=C(Nc1ccc(Br)cc1F)c1csc2nc(-c3ccccc3)cn12. The van der Waals surface area contributed by atoms with E-state index in [1.165, 1.54) is 23.5 Å². The number of anilines is 1. The van der Waals surface area contributed by atoms with Crippen LogP contribution < -0.4 is 5.32 Å². The van der Waals surface area contributed by atoms with Gasteiger partial charge in [-0.05, 0) is 18.2 Å². The number of imidazole rings is 1. The summed E-state index contributed by atoms with van der Waals surface area (Å²) in [6.45, 7) is 0. The van der Waals surface area contributed by atoms with Gasteiger partial charge in [-0.25, -0.2) is 9.37 Å². The zero-order chi connectivity index (χ0) is 17.4. The first-order valence-electron chi connectivity index (χ1n) is 7.40. The molecule has 0 bridgehead atoms. The molecule has 4 nitrogen and oxygen atoms in total. The molecule has 2 aromatic carbocycles. The predicted molar refractivity (Wildman–Crippen MR) is 101 cm³/mol. The van der Waals surface area contributed by atoms with Crippen molar-refractivity contribution in [2.24, 2.45) is 0 Å². The van der Waals surface area contributed by atoms with Crippen LogP contribution in [-0.4, -0.2) is 15.3 Å². The summed E-state index contributed by atoms with van der Waals surface area (Å²) < 4.78 is 16.3. The zero-order valence-corrected chi connectivity index (χ0v) is 15.1. The molecule has 7 heteroatoms. The number of aromatic nitrogens is 2. The van der Waals surface area contributed by atoms with E-state index in [9.17, 15) is 9.18 Å². The second-order valence-corrected chi connectivity index (χ2v) is 7.10.